The van der Waals surface area contributed by atoms with Crippen molar-refractivity contribution in [2.45, 2.75) is 25.7 Å². The number of methoxy groups -OCH3 is 2. The summed E-state index contributed by atoms with van der Waals surface area (Å²) in [5.74, 6) is 3.04. The van der Waals surface area contributed by atoms with Crippen LogP contribution in [0.1, 0.15) is 36.0 Å². The second-order valence-electron chi connectivity index (χ2n) is 5.83. The average molecular weight is 339 g/mol. The van der Waals surface area contributed by atoms with Gasteiger partial charge in [-0.1, -0.05) is 6.42 Å². The number of ether oxygens (including phenoxy) is 2. The number of hydrogen-bond acceptors (Lipinski definition) is 3. The smallest absolute Gasteiger partial charge is 0.170 e. The molecule has 0 N–H and O–H groups in total. The maximum atomic E-state index is 12.8. The van der Waals surface area contributed by atoms with Gasteiger partial charge in [0.15, 0.2) is 5.78 Å². The Balaban J connectivity index is 1.94. The van der Waals surface area contributed by atoms with Crippen LogP contribution in [0.5, 0.6) is 11.5 Å². The van der Waals surface area contributed by atoms with Crippen molar-refractivity contribution in [2.75, 3.05) is 14.2 Å². The SMILES string of the molecule is COc1cc(C(=O)C2CC3CCC2C3)c(OC)cc1Br. The Morgan fingerprint density at radius 1 is 1.15 bits per heavy atom. The number of rotatable bonds is 4. The highest BCUT2D eigenvalue weighted by molar-refractivity contribution is 9.10. The van der Waals surface area contributed by atoms with Gasteiger partial charge < -0.3 is 9.47 Å². The van der Waals surface area contributed by atoms with Crippen molar-refractivity contribution in [1.29, 1.82) is 0 Å². The third-order valence-corrected chi connectivity index (χ3v) is 5.43. The van der Waals surface area contributed by atoms with Gasteiger partial charge in [-0.15, -0.1) is 0 Å². The molecule has 0 amide bonds. The molecule has 3 atom stereocenters. The molecule has 3 rings (SSSR count). The van der Waals surface area contributed by atoms with Crippen molar-refractivity contribution >= 4 is 21.7 Å². The highest BCUT2D eigenvalue weighted by atomic mass is 79.9. The minimum Gasteiger partial charge on any atom is -0.496 e. The van der Waals surface area contributed by atoms with Crippen LogP contribution in [0.25, 0.3) is 0 Å². The minimum absolute atomic E-state index is 0.175. The van der Waals surface area contributed by atoms with E-state index in [0.717, 1.165) is 16.8 Å². The summed E-state index contributed by atoms with van der Waals surface area (Å²) < 4.78 is 11.5. The molecule has 2 saturated carbocycles. The molecule has 2 fully saturated rings. The number of halogens is 1. The summed E-state index contributed by atoms with van der Waals surface area (Å²) in [6.07, 6.45) is 4.78. The first-order valence-corrected chi connectivity index (χ1v) is 7.89. The molecule has 0 saturated heterocycles. The van der Waals surface area contributed by atoms with E-state index < -0.39 is 0 Å². The van der Waals surface area contributed by atoms with Crippen LogP contribution in [0.3, 0.4) is 0 Å². The number of Topliss-reactive ketones (excluding diaryl/α,β-unsaturated/α-hetero) is 1. The van der Waals surface area contributed by atoms with E-state index in [9.17, 15) is 4.79 Å². The van der Waals surface area contributed by atoms with Crippen molar-refractivity contribution in [3.05, 3.63) is 22.2 Å². The maximum absolute atomic E-state index is 12.8. The molecule has 20 heavy (non-hydrogen) atoms. The summed E-state index contributed by atoms with van der Waals surface area (Å²) in [5, 5.41) is 0. The Morgan fingerprint density at radius 3 is 2.45 bits per heavy atom. The topological polar surface area (TPSA) is 35.5 Å². The predicted octanol–water partition coefficient (Wildman–Crippen LogP) is 4.09. The van der Waals surface area contributed by atoms with Gasteiger partial charge >= 0.3 is 0 Å². The summed E-state index contributed by atoms with van der Waals surface area (Å²) in [4.78, 5) is 12.8. The van der Waals surface area contributed by atoms with Crippen molar-refractivity contribution in [2.24, 2.45) is 17.8 Å². The summed E-state index contributed by atoms with van der Waals surface area (Å²) in [6.45, 7) is 0. The molecule has 3 nitrogen and oxygen atoms in total. The summed E-state index contributed by atoms with van der Waals surface area (Å²) in [5.41, 5.74) is 0.658. The fourth-order valence-corrected chi connectivity index (χ4v) is 4.30. The second-order valence-corrected chi connectivity index (χ2v) is 6.69. The molecular formula is C16H19BrO3. The average Bonchev–Trinajstić information content (AvgIpc) is 3.08. The molecule has 0 radical (unpaired) electrons. The third-order valence-electron chi connectivity index (χ3n) is 4.81. The lowest BCUT2D eigenvalue weighted by atomic mass is 9.83. The van der Waals surface area contributed by atoms with E-state index in [2.05, 4.69) is 15.9 Å². The third kappa shape index (κ3) is 2.24. The van der Waals surface area contributed by atoms with Crippen molar-refractivity contribution in [3.8, 4) is 11.5 Å². The number of carbonyl (C=O) groups excluding carboxylic acids is 1. The van der Waals surface area contributed by atoms with Gasteiger partial charge in [0.25, 0.3) is 0 Å². The van der Waals surface area contributed by atoms with Crippen LogP contribution < -0.4 is 9.47 Å². The molecule has 2 bridgehead atoms. The number of carbonyl (C=O) groups is 1. The highest BCUT2D eigenvalue weighted by Gasteiger charge is 2.43. The van der Waals surface area contributed by atoms with Gasteiger partial charge in [-0.05, 0) is 59.2 Å². The Labute approximate surface area is 127 Å². The number of ketones is 1. The molecular weight excluding hydrogens is 320 g/mol. The van der Waals surface area contributed by atoms with Gasteiger partial charge in [0.2, 0.25) is 0 Å². The van der Waals surface area contributed by atoms with Crippen molar-refractivity contribution < 1.29 is 14.3 Å². The minimum atomic E-state index is 0.175. The van der Waals surface area contributed by atoms with Crippen molar-refractivity contribution in [1.82, 2.24) is 0 Å². The normalized spacial score (nSPS) is 27.6. The first-order valence-electron chi connectivity index (χ1n) is 7.09. The van der Waals surface area contributed by atoms with Crippen LogP contribution in [0.2, 0.25) is 0 Å². The first kappa shape index (κ1) is 13.9. The summed E-state index contributed by atoms with van der Waals surface area (Å²) >= 11 is 3.43. The maximum Gasteiger partial charge on any atom is 0.170 e. The zero-order chi connectivity index (χ0) is 14.3. The molecule has 4 heteroatoms. The molecule has 1 aromatic rings. The molecule has 2 aliphatic rings. The molecule has 0 spiro atoms. The van der Waals surface area contributed by atoms with E-state index in [0.29, 0.717) is 23.0 Å². The van der Waals surface area contributed by atoms with Crippen LogP contribution in [-0.4, -0.2) is 20.0 Å². The Bertz CT molecular complexity index is 541. The number of hydrogen-bond donors (Lipinski definition) is 0. The summed E-state index contributed by atoms with van der Waals surface area (Å²) in [6, 6.07) is 3.62. The zero-order valence-electron chi connectivity index (χ0n) is 11.8. The van der Waals surface area contributed by atoms with E-state index in [1.54, 1.807) is 20.3 Å². The quantitative estimate of drug-likeness (QED) is 0.776. The molecule has 0 heterocycles. The van der Waals surface area contributed by atoms with Crippen LogP contribution >= 0.6 is 15.9 Å². The van der Waals surface area contributed by atoms with Gasteiger partial charge in [0, 0.05) is 5.92 Å². The van der Waals surface area contributed by atoms with Gasteiger partial charge in [-0.25, -0.2) is 0 Å². The monoisotopic (exact) mass is 338 g/mol. The van der Waals surface area contributed by atoms with Gasteiger partial charge in [-0.3, -0.25) is 4.79 Å². The lowest BCUT2D eigenvalue weighted by Crippen LogP contribution is -2.21. The molecule has 3 unspecified atom stereocenters. The predicted molar refractivity (Wildman–Crippen MR) is 80.5 cm³/mol. The van der Waals surface area contributed by atoms with E-state index in [1.807, 2.05) is 6.07 Å². The Morgan fingerprint density at radius 2 is 1.90 bits per heavy atom. The van der Waals surface area contributed by atoms with Gasteiger partial charge in [0.05, 0.1) is 24.3 Å². The fourth-order valence-electron chi connectivity index (χ4n) is 3.82. The second kappa shape index (κ2) is 5.40. The molecule has 0 aromatic heterocycles. The summed E-state index contributed by atoms with van der Waals surface area (Å²) in [7, 11) is 3.21. The van der Waals surface area contributed by atoms with Crippen LogP contribution in [0.4, 0.5) is 0 Å². The van der Waals surface area contributed by atoms with Crippen LogP contribution in [-0.2, 0) is 0 Å². The lowest BCUT2D eigenvalue weighted by Gasteiger charge is -2.21. The fraction of sp³-hybridized carbons (Fsp3) is 0.562. The molecule has 108 valence electrons. The molecule has 2 aliphatic carbocycles. The Hall–Kier alpha value is -1.03. The standard InChI is InChI=1S/C16H19BrO3/c1-19-14-8-13(17)15(20-2)7-12(14)16(18)11-6-9-3-4-10(11)5-9/h7-11H,3-6H2,1-2H3. The largest absolute Gasteiger partial charge is 0.496 e. The van der Waals surface area contributed by atoms with E-state index in [-0.39, 0.29) is 11.7 Å². The number of fused-ring (bicyclic) bond motifs is 2. The van der Waals surface area contributed by atoms with E-state index in [1.165, 1.54) is 19.3 Å². The number of benzene rings is 1. The van der Waals surface area contributed by atoms with Gasteiger partial charge in [-0.2, -0.15) is 0 Å². The lowest BCUT2D eigenvalue weighted by molar-refractivity contribution is 0.0871. The molecule has 1 aromatic carbocycles. The van der Waals surface area contributed by atoms with E-state index in [4.69, 9.17) is 9.47 Å². The zero-order valence-corrected chi connectivity index (χ0v) is 13.4. The van der Waals surface area contributed by atoms with Gasteiger partial charge in [0.1, 0.15) is 11.5 Å². The molecule has 0 aliphatic heterocycles. The van der Waals surface area contributed by atoms with Crippen molar-refractivity contribution in [3.63, 3.8) is 0 Å². The Kier molecular flexibility index (Phi) is 3.76. The highest BCUT2D eigenvalue weighted by Crippen LogP contribution is 2.50. The van der Waals surface area contributed by atoms with E-state index >= 15 is 0 Å². The van der Waals surface area contributed by atoms with Crippen LogP contribution in [0.15, 0.2) is 16.6 Å². The van der Waals surface area contributed by atoms with Crippen LogP contribution in [0, 0.1) is 17.8 Å². The first-order chi connectivity index (χ1) is 9.63.